The zero-order chi connectivity index (χ0) is 21.8. The number of carbonyl (C=O) groups is 1. The molecule has 1 aromatic carbocycles. The summed E-state index contributed by atoms with van der Waals surface area (Å²) in [6, 6.07) is 2.79. The Labute approximate surface area is 174 Å². The van der Waals surface area contributed by atoms with Crippen LogP contribution in [0.4, 0.5) is 0 Å². The largest absolute Gasteiger partial charge is 0.487 e. The topological polar surface area (TPSA) is 123 Å². The highest BCUT2D eigenvalue weighted by Crippen LogP contribution is 2.36. The zero-order valence-electron chi connectivity index (χ0n) is 17.1. The van der Waals surface area contributed by atoms with Gasteiger partial charge in [0.25, 0.3) is 0 Å². The Morgan fingerprint density at radius 1 is 1.30 bits per heavy atom. The highest BCUT2D eigenvalue weighted by molar-refractivity contribution is 7.91. The summed E-state index contributed by atoms with van der Waals surface area (Å²) in [6.45, 7) is 5.78. The Balaban J connectivity index is 1.62. The fourth-order valence-electron chi connectivity index (χ4n) is 4.13. The number of aliphatic hydroxyl groups excluding tert-OH is 1. The average Bonchev–Trinajstić information content (AvgIpc) is 2.88. The number of carbonyl (C=O) groups excluding carboxylic acids is 1. The summed E-state index contributed by atoms with van der Waals surface area (Å²) in [5.41, 5.74) is 1.37. The Hall–Kier alpha value is -2.39. The summed E-state index contributed by atoms with van der Waals surface area (Å²) in [4.78, 5) is 25.0. The van der Waals surface area contributed by atoms with E-state index in [-0.39, 0.29) is 29.1 Å². The van der Waals surface area contributed by atoms with E-state index in [0.29, 0.717) is 16.9 Å². The Morgan fingerprint density at radius 3 is 2.70 bits per heavy atom. The molecule has 8 nitrogen and oxygen atoms in total. The van der Waals surface area contributed by atoms with Crippen molar-refractivity contribution in [1.29, 1.82) is 0 Å². The van der Waals surface area contributed by atoms with Gasteiger partial charge >= 0.3 is 5.63 Å². The smallest absolute Gasteiger partial charge is 0.340 e. The van der Waals surface area contributed by atoms with E-state index in [1.807, 2.05) is 19.9 Å². The van der Waals surface area contributed by atoms with Crippen molar-refractivity contribution >= 4 is 26.7 Å². The van der Waals surface area contributed by atoms with Crippen LogP contribution in [0.2, 0.25) is 0 Å². The fraction of sp³-hybridized carbons (Fsp3) is 0.524. The van der Waals surface area contributed by atoms with Crippen molar-refractivity contribution < 1.29 is 27.5 Å². The molecule has 1 amide bonds. The van der Waals surface area contributed by atoms with Gasteiger partial charge in [-0.2, -0.15) is 0 Å². The van der Waals surface area contributed by atoms with Gasteiger partial charge in [0.2, 0.25) is 5.91 Å². The van der Waals surface area contributed by atoms with Gasteiger partial charge in [-0.25, -0.2) is 13.2 Å². The van der Waals surface area contributed by atoms with E-state index in [1.54, 1.807) is 13.0 Å². The standard InChI is InChI=1S/C21H25NO7S/c1-11-13-6-12-4-5-21(2,3)29-17(12)8-18(13)28-20(25)14(11)7-19(24)22-15-9-30(26,27)10-16(15)23/h6,8,15-16,23H,4-5,7,9-10H2,1-3H3,(H,22,24)/t15-,16-/m0/s1. The molecule has 9 heteroatoms. The predicted molar refractivity (Wildman–Crippen MR) is 111 cm³/mol. The van der Waals surface area contributed by atoms with Crippen LogP contribution >= 0.6 is 0 Å². The third-order valence-electron chi connectivity index (χ3n) is 5.86. The Morgan fingerprint density at radius 2 is 2.03 bits per heavy atom. The van der Waals surface area contributed by atoms with Crippen LogP contribution in [0.3, 0.4) is 0 Å². The molecule has 2 aliphatic rings. The lowest BCUT2D eigenvalue weighted by atomic mass is 9.92. The van der Waals surface area contributed by atoms with Crippen LogP contribution in [0.25, 0.3) is 11.0 Å². The first-order chi connectivity index (χ1) is 13.9. The normalized spacial score (nSPS) is 24.3. The Bertz CT molecular complexity index is 1200. The number of sulfone groups is 1. The molecule has 4 rings (SSSR count). The number of aliphatic hydroxyl groups is 1. The summed E-state index contributed by atoms with van der Waals surface area (Å²) >= 11 is 0. The van der Waals surface area contributed by atoms with Crippen molar-refractivity contribution in [1.82, 2.24) is 5.32 Å². The van der Waals surface area contributed by atoms with Crippen molar-refractivity contribution in [2.75, 3.05) is 11.5 Å². The third kappa shape index (κ3) is 3.96. The molecule has 162 valence electrons. The minimum atomic E-state index is -3.38. The second-order valence-electron chi connectivity index (χ2n) is 8.81. The lowest BCUT2D eigenvalue weighted by Crippen LogP contribution is -2.43. The minimum Gasteiger partial charge on any atom is -0.487 e. The van der Waals surface area contributed by atoms with E-state index >= 15 is 0 Å². The lowest BCUT2D eigenvalue weighted by Gasteiger charge is -2.32. The molecule has 0 aliphatic carbocycles. The van der Waals surface area contributed by atoms with Crippen molar-refractivity contribution in [3.63, 3.8) is 0 Å². The van der Waals surface area contributed by atoms with E-state index in [1.165, 1.54) is 0 Å². The molecule has 2 aromatic rings. The van der Waals surface area contributed by atoms with Gasteiger partial charge in [0.1, 0.15) is 16.9 Å². The van der Waals surface area contributed by atoms with Crippen molar-refractivity contribution in [3.05, 3.63) is 39.2 Å². The van der Waals surface area contributed by atoms with Crippen molar-refractivity contribution in [2.45, 2.75) is 57.8 Å². The molecule has 2 aliphatic heterocycles. The first-order valence-electron chi connectivity index (χ1n) is 9.90. The van der Waals surface area contributed by atoms with Crippen LogP contribution in [0, 0.1) is 6.92 Å². The molecule has 3 heterocycles. The molecule has 2 atom stereocenters. The van der Waals surface area contributed by atoms with Crippen LogP contribution in [-0.2, 0) is 27.5 Å². The van der Waals surface area contributed by atoms with Crippen LogP contribution in [0.1, 0.15) is 37.0 Å². The molecule has 0 spiro atoms. The second-order valence-corrected chi connectivity index (χ2v) is 11.0. The maximum absolute atomic E-state index is 12.6. The summed E-state index contributed by atoms with van der Waals surface area (Å²) in [5, 5.41) is 13.1. The monoisotopic (exact) mass is 435 g/mol. The van der Waals surface area contributed by atoms with Gasteiger partial charge in [0.05, 0.1) is 35.6 Å². The molecule has 0 unspecified atom stereocenters. The number of amides is 1. The number of ether oxygens (including phenoxy) is 1. The van der Waals surface area contributed by atoms with Crippen LogP contribution in [0.5, 0.6) is 5.75 Å². The van der Waals surface area contributed by atoms with Gasteiger partial charge in [0.15, 0.2) is 9.84 Å². The van der Waals surface area contributed by atoms with Crippen LogP contribution in [-0.4, -0.2) is 48.7 Å². The second kappa shape index (κ2) is 7.09. The van der Waals surface area contributed by atoms with Gasteiger partial charge in [-0.3, -0.25) is 4.79 Å². The van der Waals surface area contributed by atoms with E-state index in [0.717, 1.165) is 23.8 Å². The summed E-state index contributed by atoms with van der Waals surface area (Å²) in [5.74, 6) is -0.524. The number of aryl methyl sites for hydroxylation is 2. The van der Waals surface area contributed by atoms with Gasteiger partial charge < -0.3 is 19.6 Å². The third-order valence-corrected chi connectivity index (χ3v) is 7.57. The van der Waals surface area contributed by atoms with Crippen LogP contribution in [0.15, 0.2) is 21.3 Å². The average molecular weight is 435 g/mol. The molecule has 0 saturated carbocycles. The minimum absolute atomic E-state index is 0.215. The van der Waals surface area contributed by atoms with E-state index in [9.17, 15) is 23.1 Å². The van der Waals surface area contributed by atoms with E-state index in [2.05, 4.69) is 5.32 Å². The molecular weight excluding hydrogens is 410 g/mol. The SMILES string of the molecule is Cc1c(CC(=O)N[C@H]2CS(=O)(=O)C[C@@H]2O)c(=O)oc2cc3c(cc12)CCC(C)(C)O3. The summed E-state index contributed by atoms with van der Waals surface area (Å²) in [6.07, 6.45) is 0.293. The number of benzene rings is 1. The number of rotatable bonds is 3. The first-order valence-corrected chi connectivity index (χ1v) is 11.7. The summed E-state index contributed by atoms with van der Waals surface area (Å²) in [7, 11) is -3.38. The molecule has 0 bridgehead atoms. The molecule has 2 N–H and O–H groups in total. The zero-order valence-corrected chi connectivity index (χ0v) is 18.0. The Kier molecular flexibility index (Phi) is 4.93. The molecule has 1 saturated heterocycles. The lowest BCUT2D eigenvalue weighted by molar-refractivity contribution is -0.121. The van der Waals surface area contributed by atoms with Crippen LogP contribution < -0.4 is 15.7 Å². The number of hydrogen-bond acceptors (Lipinski definition) is 7. The van der Waals surface area contributed by atoms with Gasteiger partial charge in [0, 0.05) is 11.5 Å². The van der Waals surface area contributed by atoms with Gasteiger partial charge in [-0.1, -0.05) is 0 Å². The molecular formula is C21H25NO7S. The highest BCUT2D eigenvalue weighted by Gasteiger charge is 2.37. The predicted octanol–water partition coefficient (Wildman–Crippen LogP) is 1.02. The van der Waals surface area contributed by atoms with Gasteiger partial charge in [-0.05, 0) is 50.8 Å². The number of fused-ring (bicyclic) bond motifs is 2. The van der Waals surface area contributed by atoms with E-state index in [4.69, 9.17) is 9.15 Å². The number of nitrogens with one attached hydrogen (secondary N) is 1. The summed E-state index contributed by atoms with van der Waals surface area (Å²) < 4.78 is 34.7. The molecule has 1 aromatic heterocycles. The number of hydrogen-bond donors (Lipinski definition) is 2. The highest BCUT2D eigenvalue weighted by atomic mass is 32.2. The molecule has 30 heavy (non-hydrogen) atoms. The fourth-order valence-corrected chi connectivity index (χ4v) is 5.87. The molecule has 1 fully saturated rings. The van der Waals surface area contributed by atoms with Crippen molar-refractivity contribution in [3.8, 4) is 5.75 Å². The quantitative estimate of drug-likeness (QED) is 0.690. The maximum atomic E-state index is 12.6. The van der Waals surface area contributed by atoms with Gasteiger partial charge in [-0.15, -0.1) is 0 Å². The maximum Gasteiger partial charge on any atom is 0.340 e. The van der Waals surface area contributed by atoms with Crippen molar-refractivity contribution in [2.24, 2.45) is 0 Å². The molecule has 0 radical (unpaired) electrons. The van der Waals surface area contributed by atoms with E-state index < -0.39 is 33.5 Å². The first kappa shape index (κ1) is 20.9.